The van der Waals surface area contributed by atoms with Gasteiger partial charge < -0.3 is 5.32 Å². The standard InChI is InChI=1S/C16H16ClNOS/c1-12(20-14-8-3-2-4-9-14)16(19)18-11-13-7-5-6-10-15(13)17/h2-10,12H,11H2,1H3,(H,18,19). The van der Waals surface area contributed by atoms with Gasteiger partial charge in [0.05, 0.1) is 5.25 Å². The van der Waals surface area contributed by atoms with Gasteiger partial charge in [-0.2, -0.15) is 0 Å². The lowest BCUT2D eigenvalue weighted by atomic mass is 10.2. The number of carbonyl (C=O) groups is 1. The normalized spacial score (nSPS) is 11.9. The molecule has 2 aromatic rings. The maximum absolute atomic E-state index is 12.1. The van der Waals surface area contributed by atoms with E-state index in [9.17, 15) is 4.79 Å². The lowest BCUT2D eigenvalue weighted by Crippen LogP contribution is -2.30. The van der Waals surface area contributed by atoms with Crippen LogP contribution in [-0.2, 0) is 11.3 Å². The molecule has 1 amide bonds. The summed E-state index contributed by atoms with van der Waals surface area (Å²) in [5.74, 6) is 0.0128. The van der Waals surface area contributed by atoms with Crippen molar-refractivity contribution in [2.24, 2.45) is 0 Å². The highest BCUT2D eigenvalue weighted by atomic mass is 35.5. The number of rotatable bonds is 5. The Bertz CT molecular complexity index is 574. The van der Waals surface area contributed by atoms with Crippen LogP contribution in [0.1, 0.15) is 12.5 Å². The van der Waals surface area contributed by atoms with Crippen LogP contribution in [0, 0.1) is 0 Å². The summed E-state index contributed by atoms with van der Waals surface area (Å²) in [4.78, 5) is 13.1. The Hall–Kier alpha value is -1.45. The Kier molecular flexibility index (Phi) is 5.50. The van der Waals surface area contributed by atoms with Crippen LogP contribution in [0.5, 0.6) is 0 Å². The number of benzene rings is 2. The van der Waals surface area contributed by atoms with Gasteiger partial charge in [-0.25, -0.2) is 0 Å². The largest absolute Gasteiger partial charge is 0.351 e. The van der Waals surface area contributed by atoms with E-state index in [4.69, 9.17) is 11.6 Å². The van der Waals surface area contributed by atoms with E-state index in [0.29, 0.717) is 11.6 Å². The van der Waals surface area contributed by atoms with Crippen LogP contribution in [-0.4, -0.2) is 11.2 Å². The summed E-state index contributed by atoms with van der Waals surface area (Å²) in [5.41, 5.74) is 0.930. The molecule has 1 N–H and O–H groups in total. The minimum atomic E-state index is -0.139. The third kappa shape index (κ3) is 4.29. The van der Waals surface area contributed by atoms with Crippen molar-refractivity contribution in [1.29, 1.82) is 0 Å². The summed E-state index contributed by atoms with van der Waals surface area (Å²) in [7, 11) is 0. The van der Waals surface area contributed by atoms with Gasteiger partial charge in [0.15, 0.2) is 0 Å². The van der Waals surface area contributed by atoms with Crippen molar-refractivity contribution in [2.45, 2.75) is 23.6 Å². The minimum absolute atomic E-state index is 0.0128. The summed E-state index contributed by atoms with van der Waals surface area (Å²) in [6, 6.07) is 17.4. The quantitative estimate of drug-likeness (QED) is 0.841. The number of hydrogen-bond donors (Lipinski definition) is 1. The molecular weight excluding hydrogens is 290 g/mol. The molecule has 0 saturated carbocycles. The monoisotopic (exact) mass is 305 g/mol. The van der Waals surface area contributed by atoms with E-state index in [1.165, 1.54) is 0 Å². The zero-order chi connectivity index (χ0) is 14.4. The molecule has 1 atom stereocenters. The molecule has 4 heteroatoms. The van der Waals surface area contributed by atoms with Crippen molar-refractivity contribution in [1.82, 2.24) is 5.32 Å². The van der Waals surface area contributed by atoms with Crippen molar-refractivity contribution in [2.75, 3.05) is 0 Å². The molecule has 0 radical (unpaired) electrons. The summed E-state index contributed by atoms with van der Waals surface area (Å²) in [5, 5.41) is 3.45. The second kappa shape index (κ2) is 7.36. The number of halogens is 1. The molecule has 2 rings (SSSR count). The third-order valence-corrected chi connectivity index (χ3v) is 4.32. The molecule has 0 aliphatic carbocycles. The molecule has 0 fully saturated rings. The lowest BCUT2D eigenvalue weighted by Gasteiger charge is -2.12. The van der Waals surface area contributed by atoms with Crippen molar-refractivity contribution in [3.8, 4) is 0 Å². The number of carbonyl (C=O) groups excluding carboxylic acids is 1. The van der Waals surface area contributed by atoms with E-state index in [1.54, 1.807) is 11.8 Å². The van der Waals surface area contributed by atoms with Crippen molar-refractivity contribution < 1.29 is 4.79 Å². The fourth-order valence-electron chi connectivity index (χ4n) is 1.72. The van der Waals surface area contributed by atoms with E-state index < -0.39 is 0 Å². The molecule has 104 valence electrons. The predicted octanol–water partition coefficient (Wildman–Crippen LogP) is 4.14. The maximum atomic E-state index is 12.1. The highest BCUT2D eigenvalue weighted by Crippen LogP contribution is 2.23. The Balaban J connectivity index is 1.87. The first-order chi connectivity index (χ1) is 9.66. The van der Waals surface area contributed by atoms with E-state index in [0.717, 1.165) is 10.5 Å². The molecule has 0 heterocycles. The van der Waals surface area contributed by atoms with Gasteiger partial charge >= 0.3 is 0 Å². The number of hydrogen-bond acceptors (Lipinski definition) is 2. The van der Waals surface area contributed by atoms with Crippen LogP contribution < -0.4 is 5.32 Å². The SMILES string of the molecule is CC(Sc1ccccc1)C(=O)NCc1ccccc1Cl. The van der Waals surface area contributed by atoms with Gasteiger partial charge in [-0.15, -0.1) is 11.8 Å². The Morgan fingerprint density at radius 1 is 1.15 bits per heavy atom. The van der Waals surface area contributed by atoms with Crippen molar-refractivity contribution in [3.05, 3.63) is 65.2 Å². The van der Waals surface area contributed by atoms with Gasteiger partial charge in [-0.3, -0.25) is 4.79 Å². The molecule has 0 saturated heterocycles. The van der Waals surface area contributed by atoms with Gasteiger partial charge in [0, 0.05) is 16.5 Å². The maximum Gasteiger partial charge on any atom is 0.233 e. The fraction of sp³-hybridized carbons (Fsp3) is 0.188. The first-order valence-electron chi connectivity index (χ1n) is 6.39. The average molecular weight is 306 g/mol. The first kappa shape index (κ1) is 14.9. The Morgan fingerprint density at radius 3 is 2.50 bits per heavy atom. The van der Waals surface area contributed by atoms with Gasteiger partial charge in [0.1, 0.15) is 0 Å². The first-order valence-corrected chi connectivity index (χ1v) is 7.65. The van der Waals surface area contributed by atoms with Crippen LogP contribution in [0.4, 0.5) is 0 Å². The summed E-state index contributed by atoms with van der Waals surface area (Å²) < 4.78 is 0. The summed E-state index contributed by atoms with van der Waals surface area (Å²) >= 11 is 7.61. The van der Waals surface area contributed by atoms with E-state index in [-0.39, 0.29) is 11.2 Å². The molecule has 0 bridgehead atoms. The topological polar surface area (TPSA) is 29.1 Å². The van der Waals surface area contributed by atoms with Crippen molar-refractivity contribution in [3.63, 3.8) is 0 Å². The predicted molar refractivity (Wildman–Crippen MR) is 85.1 cm³/mol. The van der Waals surface area contributed by atoms with Crippen LogP contribution in [0.25, 0.3) is 0 Å². The zero-order valence-corrected chi connectivity index (χ0v) is 12.7. The minimum Gasteiger partial charge on any atom is -0.351 e. The fourth-order valence-corrected chi connectivity index (χ4v) is 2.84. The van der Waals surface area contributed by atoms with E-state index in [1.807, 2.05) is 61.5 Å². The number of nitrogens with one attached hydrogen (secondary N) is 1. The number of amides is 1. The zero-order valence-electron chi connectivity index (χ0n) is 11.2. The lowest BCUT2D eigenvalue weighted by molar-refractivity contribution is -0.120. The highest BCUT2D eigenvalue weighted by molar-refractivity contribution is 8.00. The second-order valence-corrected chi connectivity index (χ2v) is 6.20. The molecule has 0 aromatic heterocycles. The highest BCUT2D eigenvalue weighted by Gasteiger charge is 2.14. The molecule has 2 nitrogen and oxygen atoms in total. The molecule has 1 unspecified atom stereocenters. The van der Waals surface area contributed by atoms with Gasteiger partial charge in [0.2, 0.25) is 5.91 Å². The van der Waals surface area contributed by atoms with Crippen LogP contribution in [0.2, 0.25) is 5.02 Å². The average Bonchev–Trinajstić information content (AvgIpc) is 2.47. The Morgan fingerprint density at radius 2 is 1.80 bits per heavy atom. The van der Waals surface area contributed by atoms with E-state index >= 15 is 0 Å². The number of thioether (sulfide) groups is 1. The Labute approximate surface area is 128 Å². The van der Waals surface area contributed by atoms with Crippen LogP contribution >= 0.6 is 23.4 Å². The van der Waals surface area contributed by atoms with Crippen molar-refractivity contribution >= 4 is 29.3 Å². The summed E-state index contributed by atoms with van der Waals surface area (Å²) in [6.07, 6.45) is 0. The second-order valence-electron chi connectivity index (χ2n) is 4.38. The van der Waals surface area contributed by atoms with Gasteiger partial charge in [-0.1, -0.05) is 48.0 Å². The molecular formula is C16H16ClNOS. The van der Waals surface area contributed by atoms with Crippen LogP contribution in [0.15, 0.2) is 59.5 Å². The smallest absolute Gasteiger partial charge is 0.233 e. The molecule has 0 spiro atoms. The van der Waals surface area contributed by atoms with Crippen LogP contribution in [0.3, 0.4) is 0 Å². The summed E-state index contributed by atoms with van der Waals surface area (Å²) in [6.45, 7) is 2.36. The van der Waals surface area contributed by atoms with E-state index in [2.05, 4.69) is 5.32 Å². The molecule has 20 heavy (non-hydrogen) atoms. The molecule has 2 aromatic carbocycles. The van der Waals surface area contributed by atoms with Gasteiger partial charge in [0.25, 0.3) is 0 Å². The third-order valence-electron chi connectivity index (χ3n) is 2.84. The molecule has 0 aliphatic rings. The van der Waals surface area contributed by atoms with Gasteiger partial charge in [-0.05, 0) is 30.7 Å². The molecule has 0 aliphatic heterocycles.